The van der Waals surface area contributed by atoms with Gasteiger partial charge in [0, 0.05) is 10.8 Å². The third kappa shape index (κ3) is 11.7. The maximum atomic E-state index is 12.0. The lowest BCUT2D eigenvalue weighted by Crippen LogP contribution is -2.15. The van der Waals surface area contributed by atoms with Crippen molar-refractivity contribution in [3.63, 3.8) is 0 Å². The van der Waals surface area contributed by atoms with Gasteiger partial charge in [-0.15, -0.1) is 0 Å². The number of ether oxygens (including phenoxy) is 10. The van der Waals surface area contributed by atoms with Gasteiger partial charge in [-0.05, 0) is 47.2 Å². The van der Waals surface area contributed by atoms with Crippen LogP contribution in [-0.4, -0.2) is 117 Å². The molecule has 0 spiro atoms. The summed E-state index contributed by atoms with van der Waals surface area (Å²) in [6, 6.07) is 20.6. The molecule has 0 saturated carbocycles. The highest BCUT2D eigenvalue weighted by Gasteiger charge is 2.14. The summed E-state index contributed by atoms with van der Waals surface area (Å²) in [5.74, 6) is 1.34. The van der Waals surface area contributed by atoms with Gasteiger partial charge < -0.3 is 52.5 Å². The predicted molar refractivity (Wildman–Crippen MR) is 182 cm³/mol. The van der Waals surface area contributed by atoms with Gasteiger partial charge >= 0.3 is 5.97 Å². The fourth-order valence-electron chi connectivity index (χ4n) is 5.07. The van der Waals surface area contributed by atoms with Crippen LogP contribution in [0.3, 0.4) is 0 Å². The van der Waals surface area contributed by atoms with E-state index in [1.165, 1.54) is 0 Å². The van der Waals surface area contributed by atoms with E-state index in [4.69, 9.17) is 47.4 Å². The maximum absolute atomic E-state index is 12.0. The summed E-state index contributed by atoms with van der Waals surface area (Å²) in [6.45, 7) is 6.21. The Morgan fingerprint density at radius 2 is 0.857 bits per heavy atom. The fraction of sp³-hybridized carbons (Fsp3) is 0.432. The molecule has 8 bridgehead atoms. The average Bonchev–Trinajstić information content (AvgIpc) is 3.11. The van der Waals surface area contributed by atoms with Gasteiger partial charge in [0.05, 0.1) is 79.3 Å². The smallest absolute Gasteiger partial charge is 0.339 e. The number of carboxylic acids is 1. The van der Waals surface area contributed by atoms with E-state index in [1.54, 1.807) is 18.2 Å². The molecule has 1 N–H and O–H groups in total. The minimum atomic E-state index is -1.08. The topological polar surface area (TPSA) is 130 Å². The van der Waals surface area contributed by atoms with Crippen LogP contribution in [-0.2, 0) is 28.4 Å². The van der Waals surface area contributed by atoms with Gasteiger partial charge in [-0.3, -0.25) is 0 Å². The Labute approximate surface area is 285 Å². The molecule has 0 amide bonds. The molecule has 0 aliphatic carbocycles. The molecule has 49 heavy (non-hydrogen) atoms. The quantitative estimate of drug-likeness (QED) is 0.290. The second-order valence-corrected chi connectivity index (χ2v) is 10.8. The SMILES string of the molecule is O=C(O)c1cc2cc3ccc2cc1OCCOCCOCCOCCOc1cccc2c(cccc12)OCCOCCOCCOCCO3. The molecular weight excluding hydrogens is 636 g/mol. The molecule has 12 heteroatoms. The molecule has 12 nitrogen and oxygen atoms in total. The van der Waals surface area contributed by atoms with Crippen LogP contribution >= 0.6 is 0 Å². The van der Waals surface area contributed by atoms with E-state index in [2.05, 4.69) is 0 Å². The van der Waals surface area contributed by atoms with Crippen molar-refractivity contribution in [2.45, 2.75) is 0 Å². The first-order valence-electron chi connectivity index (χ1n) is 16.5. The summed E-state index contributed by atoms with van der Waals surface area (Å²) in [5, 5.41) is 13.3. The Balaban J connectivity index is 1.11. The van der Waals surface area contributed by atoms with Crippen LogP contribution in [0.15, 0.2) is 66.7 Å². The number of hydrogen-bond acceptors (Lipinski definition) is 11. The zero-order valence-electron chi connectivity index (χ0n) is 27.6. The summed E-state index contributed by atoms with van der Waals surface area (Å²) >= 11 is 0. The van der Waals surface area contributed by atoms with Crippen molar-refractivity contribution in [1.29, 1.82) is 0 Å². The summed E-state index contributed by atoms with van der Waals surface area (Å²) in [6.07, 6.45) is 0. The van der Waals surface area contributed by atoms with E-state index in [-0.39, 0.29) is 24.5 Å². The summed E-state index contributed by atoms with van der Waals surface area (Å²) in [7, 11) is 0. The first kappa shape index (κ1) is 36.1. The molecule has 3 aliphatic rings. The first-order valence-corrected chi connectivity index (χ1v) is 16.5. The highest BCUT2D eigenvalue weighted by Crippen LogP contribution is 2.32. The van der Waals surface area contributed by atoms with E-state index < -0.39 is 5.97 Å². The van der Waals surface area contributed by atoms with Crippen molar-refractivity contribution >= 4 is 27.5 Å². The largest absolute Gasteiger partial charge is 0.491 e. The van der Waals surface area contributed by atoms with E-state index in [0.717, 1.165) is 33.0 Å². The summed E-state index contributed by atoms with van der Waals surface area (Å²) < 4.78 is 57.3. The molecule has 4 aromatic carbocycles. The molecule has 4 aromatic rings. The van der Waals surface area contributed by atoms with Crippen LogP contribution in [0.1, 0.15) is 10.4 Å². The zero-order valence-corrected chi connectivity index (χ0v) is 27.6. The number of carboxylic acid groups (broad SMARTS) is 1. The first-order chi connectivity index (χ1) is 24.2. The Morgan fingerprint density at radius 1 is 0.429 bits per heavy atom. The highest BCUT2D eigenvalue weighted by molar-refractivity contribution is 5.98. The Kier molecular flexibility index (Phi) is 15.0. The van der Waals surface area contributed by atoms with E-state index in [9.17, 15) is 9.90 Å². The van der Waals surface area contributed by atoms with Crippen molar-refractivity contribution < 1.29 is 57.3 Å². The Bertz CT molecular complexity index is 1590. The van der Waals surface area contributed by atoms with Gasteiger partial charge in [0.25, 0.3) is 0 Å². The molecule has 3 heterocycles. The van der Waals surface area contributed by atoms with E-state index >= 15 is 0 Å². The number of benzene rings is 4. The standard InChI is InChI=1S/C37H44O12/c38-37(39)33-26-29-25-30-8-7-28(29)27-36(33)49-24-20-45-16-12-41-11-15-44-19-23-48-35-6-2-3-31-32(35)4-1-5-34(31)47-22-18-43-14-10-40-9-13-42-17-21-46-30/h1-8,25-27H,9-24H2,(H,38,39). The van der Waals surface area contributed by atoms with Crippen LogP contribution in [0.4, 0.5) is 0 Å². The van der Waals surface area contributed by atoms with Crippen molar-refractivity contribution in [2.24, 2.45) is 0 Å². The van der Waals surface area contributed by atoms with E-state index in [0.29, 0.717) is 98.2 Å². The lowest BCUT2D eigenvalue weighted by atomic mass is 10.1. The number of fused-ring (bicyclic) bond motifs is 2. The van der Waals surface area contributed by atoms with Crippen LogP contribution < -0.4 is 18.9 Å². The minimum Gasteiger partial charge on any atom is -0.491 e. The highest BCUT2D eigenvalue weighted by atomic mass is 16.6. The Morgan fingerprint density at radius 3 is 1.33 bits per heavy atom. The van der Waals surface area contributed by atoms with Gasteiger partial charge in [-0.2, -0.15) is 0 Å². The van der Waals surface area contributed by atoms with Gasteiger partial charge in [-0.25, -0.2) is 4.79 Å². The normalized spacial score (nSPS) is 17.6. The van der Waals surface area contributed by atoms with Crippen LogP contribution in [0, 0.1) is 0 Å². The zero-order chi connectivity index (χ0) is 33.9. The molecule has 0 aromatic heterocycles. The molecular formula is C37H44O12. The third-order valence-corrected chi connectivity index (χ3v) is 7.42. The Hall–Kier alpha value is -4.17. The van der Waals surface area contributed by atoms with Crippen molar-refractivity contribution in [3.8, 4) is 23.0 Å². The number of carbonyl (C=O) groups is 1. The molecule has 0 radical (unpaired) electrons. The van der Waals surface area contributed by atoms with Crippen LogP contribution in [0.25, 0.3) is 21.5 Å². The van der Waals surface area contributed by atoms with E-state index in [1.807, 2.05) is 48.5 Å². The second kappa shape index (κ2) is 20.4. The lowest BCUT2D eigenvalue weighted by Gasteiger charge is -2.13. The number of hydrogen-bond donors (Lipinski definition) is 1. The lowest BCUT2D eigenvalue weighted by molar-refractivity contribution is 0.00495. The fourth-order valence-corrected chi connectivity index (χ4v) is 5.07. The van der Waals surface area contributed by atoms with Crippen molar-refractivity contribution in [3.05, 3.63) is 72.3 Å². The van der Waals surface area contributed by atoms with Gasteiger partial charge in [0.15, 0.2) is 0 Å². The van der Waals surface area contributed by atoms with Crippen molar-refractivity contribution in [2.75, 3.05) is 106 Å². The minimum absolute atomic E-state index is 0.0647. The summed E-state index contributed by atoms with van der Waals surface area (Å²) in [4.78, 5) is 12.0. The second-order valence-electron chi connectivity index (χ2n) is 10.8. The molecule has 3 aliphatic heterocycles. The van der Waals surface area contributed by atoms with Gasteiger partial charge in [0.1, 0.15) is 55.0 Å². The van der Waals surface area contributed by atoms with Crippen LogP contribution in [0.2, 0.25) is 0 Å². The maximum Gasteiger partial charge on any atom is 0.339 e. The molecule has 7 rings (SSSR count). The summed E-state index contributed by atoms with van der Waals surface area (Å²) in [5.41, 5.74) is 0.0647. The number of rotatable bonds is 1. The molecule has 264 valence electrons. The molecule has 0 saturated heterocycles. The molecule has 0 atom stereocenters. The van der Waals surface area contributed by atoms with Crippen molar-refractivity contribution in [1.82, 2.24) is 0 Å². The molecule has 0 unspecified atom stereocenters. The van der Waals surface area contributed by atoms with Crippen LogP contribution in [0.5, 0.6) is 23.0 Å². The molecule has 0 fully saturated rings. The van der Waals surface area contributed by atoms with Gasteiger partial charge in [-0.1, -0.05) is 30.3 Å². The van der Waals surface area contributed by atoms with Gasteiger partial charge in [0.2, 0.25) is 0 Å². The third-order valence-electron chi connectivity index (χ3n) is 7.42. The predicted octanol–water partition coefficient (Wildman–Crippen LogP) is 5.02. The monoisotopic (exact) mass is 680 g/mol. The average molecular weight is 681 g/mol. The number of aromatic carboxylic acids is 1.